The molecule has 0 aliphatic carbocycles. The molecule has 0 bridgehead atoms. The van der Waals surface area contributed by atoms with Crippen LogP contribution in [0.15, 0.2) is 41.3 Å². The van der Waals surface area contributed by atoms with Gasteiger partial charge in [0.1, 0.15) is 5.82 Å². The molecule has 0 spiro atoms. The van der Waals surface area contributed by atoms with Crippen LogP contribution in [0.5, 0.6) is 0 Å². The molecule has 0 aliphatic heterocycles. The molecule has 0 saturated carbocycles. The van der Waals surface area contributed by atoms with Crippen molar-refractivity contribution in [1.82, 2.24) is 0 Å². The van der Waals surface area contributed by atoms with Gasteiger partial charge in [0.25, 0.3) is 0 Å². The molecule has 20 heavy (non-hydrogen) atoms. The molecular weight excluding hydrogens is 320 g/mol. The van der Waals surface area contributed by atoms with E-state index in [1.807, 2.05) is 0 Å². The first kappa shape index (κ1) is 15.4. The predicted octanol–water partition coefficient (Wildman–Crippen LogP) is 3.90. The summed E-state index contributed by atoms with van der Waals surface area (Å²) in [6.07, 6.45) is 0. The fraction of sp³-hybridized carbons (Fsp3) is 0.143. The van der Waals surface area contributed by atoms with Crippen molar-refractivity contribution in [2.24, 2.45) is 5.73 Å². The zero-order valence-electron chi connectivity index (χ0n) is 10.4. The number of nitrogens with two attached hydrogens (primary N) is 1. The topological polar surface area (TPSA) is 43.1 Å². The van der Waals surface area contributed by atoms with Crippen LogP contribution in [-0.4, -0.2) is 4.21 Å². The summed E-state index contributed by atoms with van der Waals surface area (Å²) in [5, 5.41) is 0.836. The summed E-state index contributed by atoms with van der Waals surface area (Å²) in [6, 6.07) is 9.21. The minimum absolute atomic E-state index is 0.158. The Morgan fingerprint density at radius 2 is 1.80 bits per heavy atom. The first-order valence-corrected chi connectivity index (χ1v) is 7.89. The van der Waals surface area contributed by atoms with Crippen molar-refractivity contribution in [3.63, 3.8) is 0 Å². The second kappa shape index (κ2) is 6.68. The van der Waals surface area contributed by atoms with E-state index in [4.69, 9.17) is 28.9 Å². The summed E-state index contributed by atoms with van der Waals surface area (Å²) < 4.78 is 25.7. The van der Waals surface area contributed by atoms with Gasteiger partial charge < -0.3 is 5.73 Å². The second-order valence-corrected chi connectivity index (χ2v) is 6.50. The van der Waals surface area contributed by atoms with Gasteiger partial charge in [0, 0.05) is 11.6 Å². The molecule has 0 fully saturated rings. The second-order valence-electron chi connectivity index (χ2n) is 4.24. The molecule has 0 heterocycles. The van der Waals surface area contributed by atoms with E-state index in [-0.39, 0.29) is 12.3 Å². The fourth-order valence-electron chi connectivity index (χ4n) is 1.80. The molecule has 2 nitrogen and oxygen atoms in total. The number of rotatable bonds is 4. The summed E-state index contributed by atoms with van der Waals surface area (Å²) in [5.74, 6) is -0.234. The average molecular weight is 332 g/mol. The van der Waals surface area contributed by atoms with Gasteiger partial charge in [-0.3, -0.25) is 4.21 Å². The van der Waals surface area contributed by atoms with Crippen LogP contribution in [0.1, 0.15) is 11.1 Å². The minimum atomic E-state index is -1.40. The Morgan fingerprint density at radius 1 is 1.10 bits per heavy atom. The molecule has 0 saturated heterocycles. The maximum absolute atomic E-state index is 13.4. The Balaban J connectivity index is 2.27. The van der Waals surface area contributed by atoms with Crippen molar-refractivity contribution in [2.75, 3.05) is 0 Å². The monoisotopic (exact) mass is 331 g/mol. The maximum Gasteiger partial charge on any atom is 0.123 e. The Kier molecular flexibility index (Phi) is 5.16. The maximum atomic E-state index is 13.4. The molecule has 2 N–H and O–H groups in total. The van der Waals surface area contributed by atoms with Crippen molar-refractivity contribution in [3.8, 4) is 0 Å². The van der Waals surface area contributed by atoms with Gasteiger partial charge in [-0.25, -0.2) is 4.39 Å². The predicted molar refractivity (Wildman–Crippen MR) is 80.9 cm³/mol. The highest BCUT2D eigenvalue weighted by Gasteiger charge is 2.11. The van der Waals surface area contributed by atoms with Gasteiger partial charge in [0.05, 0.1) is 26.5 Å². The Morgan fingerprint density at radius 3 is 2.50 bits per heavy atom. The van der Waals surface area contributed by atoms with E-state index in [0.29, 0.717) is 26.1 Å². The normalized spacial score (nSPS) is 12.4. The van der Waals surface area contributed by atoms with Crippen molar-refractivity contribution >= 4 is 34.0 Å². The number of benzene rings is 2. The largest absolute Gasteiger partial charge is 0.326 e. The third kappa shape index (κ3) is 3.79. The van der Waals surface area contributed by atoms with E-state index < -0.39 is 16.6 Å². The minimum Gasteiger partial charge on any atom is -0.326 e. The van der Waals surface area contributed by atoms with E-state index in [9.17, 15) is 8.60 Å². The molecule has 0 radical (unpaired) electrons. The van der Waals surface area contributed by atoms with Crippen LogP contribution in [0.4, 0.5) is 4.39 Å². The summed E-state index contributed by atoms with van der Waals surface area (Å²) in [7, 11) is -1.40. The average Bonchev–Trinajstić information content (AvgIpc) is 2.40. The standard InChI is InChI=1S/C14H12Cl2FNOS/c15-11-1-2-13(16)14(6-11)20(19)8-10-3-9(7-18)4-12(17)5-10/h1-6H,7-8,18H2. The zero-order valence-corrected chi connectivity index (χ0v) is 12.7. The van der Waals surface area contributed by atoms with Crippen LogP contribution in [0.25, 0.3) is 0 Å². The molecule has 2 rings (SSSR count). The summed E-state index contributed by atoms with van der Waals surface area (Å²) in [6.45, 7) is 0.231. The molecule has 6 heteroatoms. The van der Waals surface area contributed by atoms with Crippen LogP contribution in [0.2, 0.25) is 10.0 Å². The molecule has 106 valence electrons. The van der Waals surface area contributed by atoms with Gasteiger partial charge in [0.2, 0.25) is 0 Å². The lowest BCUT2D eigenvalue weighted by molar-refractivity contribution is 0.623. The van der Waals surface area contributed by atoms with Crippen LogP contribution in [0.3, 0.4) is 0 Å². The highest BCUT2D eigenvalue weighted by Crippen LogP contribution is 2.25. The quantitative estimate of drug-likeness (QED) is 0.923. The van der Waals surface area contributed by atoms with Gasteiger partial charge >= 0.3 is 0 Å². The molecule has 0 aliphatic rings. The molecule has 2 aromatic rings. The molecular formula is C14H12Cl2FNOS. The van der Waals surface area contributed by atoms with Crippen molar-refractivity contribution < 1.29 is 8.60 Å². The highest BCUT2D eigenvalue weighted by atomic mass is 35.5. The van der Waals surface area contributed by atoms with Crippen LogP contribution in [0, 0.1) is 5.82 Å². The lowest BCUT2D eigenvalue weighted by Gasteiger charge is -2.07. The van der Waals surface area contributed by atoms with Gasteiger partial charge in [-0.15, -0.1) is 0 Å². The Labute approximate surface area is 129 Å². The SMILES string of the molecule is NCc1cc(F)cc(CS(=O)c2cc(Cl)ccc2Cl)c1. The van der Waals surface area contributed by atoms with Gasteiger partial charge in [-0.2, -0.15) is 0 Å². The summed E-state index contributed by atoms with van der Waals surface area (Å²) in [5.41, 5.74) is 6.76. The van der Waals surface area contributed by atoms with Crippen LogP contribution >= 0.6 is 23.2 Å². The number of hydrogen-bond donors (Lipinski definition) is 1. The van der Waals surface area contributed by atoms with Crippen molar-refractivity contribution in [1.29, 1.82) is 0 Å². The summed E-state index contributed by atoms with van der Waals surface area (Å²) in [4.78, 5) is 0.442. The van der Waals surface area contributed by atoms with Crippen molar-refractivity contribution in [2.45, 2.75) is 17.2 Å². The summed E-state index contributed by atoms with van der Waals surface area (Å²) >= 11 is 11.9. The molecule has 0 amide bonds. The van der Waals surface area contributed by atoms with E-state index in [2.05, 4.69) is 0 Å². The Bertz CT molecular complexity index is 664. The third-order valence-electron chi connectivity index (χ3n) is 2.69. The van der Waals surface area contributed by atoms with E-state index >= 15 is 0 Å². The fourth-order valence-corrected chi connectivity index (χ4v) is 3.58. The zero-order chi connectivity index (χ0) is 14.7. The van der Waals surface area contributed by atoms with Crippen molar-refractivity contribution in [3.05, 3.63) is 63.4 Å². The smallest absolute Gasteiger partial charge is 0.123 e. The van der Waals surface area contributed by atoms with E-state index in [0.717, 1.165) is 0 Å². The van der Waals surface area contributed by atoms with Gasteiger partial charge in [-0.1, -0.05) is 29.3 Å². The van der Waals surface area contributed by atoms with Crippen LogP contribution < -0.4 is 5.73 Å². The van der Waals surface area contributed by atoms with Gasteiger partial charge in [0.15, 0.2) is 0 Å². The molecule has 1 atom stereocenters. The van der Waals surface area contributed by atoms with E-state index in [1.165, 1.54) is 12.1 Å². The third-order valence-corrected chi connectivity index (χ3v) is 4.79. The van der Waals surface area contributed by atoms with Crippen LogP contribution in [-0.2, 0) is 23.1 Å². The first-order chi connectivity index (χ1) is 9.49. The lowest BCUT2D eigenvalue weighted by Crippen LogP contribution is -2.02. The molecule has 0 aromatic heterocycles. The Hall–Kier alpha value is -0.940. The van der Waals surface area contributed by atoms with E-state index in [1.54, 1.807) is 24.3 Å². The molecule has 2 aromatic carbocycles. The first-order valence-electron chi connectivity index (χ1n) is 5.81. The van der Waals surface area contributed by atoms with Gasteiger partial charge in [-0.05, 0) is 41.5 Å². The molecule has 1 unspecified atom stereocenters. The lowest BCUT2D eigenvalue weighted by atomic mass is 10.1. The highest BCUT2D eigenvalue weighted by molar-refractivity contribution is 7.84. The number of halogens is 3. The number of hydrogen-bond acceptors (Lipinski definition) is 2.